The molecule has 0 radical (unpaired) electrons. The van der Waals surface area contributed by atoms with Crippen molar-refractivity contribution < 1.29 is 8.42 Å². The van der Waals surface area contributed by atoms with Crippen molar-refractivity contribution in [2.45, 2.75) is 58.0 Å². The SMILES string of the molecule is CCNCc1cc(S(=O)(=O)NC(C)C(CC)CC)c(Br)s1. The second kappa shape index (κ2) is 8.62. The van der Waals surface area contributed by atoms with Gasteiger partial charge in [-0.05, 0) is 41.4 Å². The maximum absolute atomic E-state index is 12.5. The van der Waals surface area contributed by atoms with Gasteiger partial charge in [-0.25, -0.2) is 13.1 Å². The Morgan fingerprint density at radius 3 is 2.43 bits per heavy atom. The molecule has 0 aromatic carbocycles. The van der Waals surface area contributed by atoms with E-state index in [1.165, 1.54) is 11.3 Å². The zero-order chi connectivity index (χ0) is 16.0. The monoisotopic (exact) mass is 396 g/mol. The first-order chi connectivity index (χ1) is 9.85. The van der Waals surface area contributed by atoms with Crippen LogP contribution in [-0.4, -0.2) is 21.0 Å². The summed E-state index contributed by atoms with van der Waals surface area (Å²) in [7, 11) is -3.47. The van der Waals surface area contributed by atoms with Gasteiger partial charge in [0.2, 0.25) is 10.0 Å². The van der Waals surface area contributed by atoms with Crippen LogP contribution in [0.3, 0.4) is 0 Å². The number of sulfonamides is 1. The Kier molecular flexibility index (Phi) is 7.84. The summed E-state index contributed by atoms with van der Waals surface area (Å²) >= 11 is 4.84. The molecule has 1 aromatic heterocycles. The van der Waals surface area contributed by atoms with Crippen molar-refractivity contribution in [2.24, 2.45) is 5.92 Å². The summed E-state index contributed by atoms with van der Waals surface area (Å²) in [5.74, 6) is 0.360. The molecule has 0 aliphatic carbocycles. The van der Waals surface area contributed by atoms with Crippen molar-refractivity contribution in [3.8, 4) is 0 Å². The molecule has 1 unspecified atom stereocenters. The molecule has 21 heavy (non-hydrogen) atoms. The van der Waals surface area contributed by atoms with Crippen LogP contribution in [0.5, 0.6) is 0 Å². The summed E-state index contributed by atoms with van der Waals surface area (Å²) in [5.41, 5.74) is 0. The van der Waals surface area contributed by atoms with Gasteiger partial charge >= 0.3 is 0 Å². The summed E-state index contributed by atoms with van der Waals surface area (Å²) in [6.45, 7) is 9.70. The van der Waals surface area contributed by atoms with Crippen molar-refractivity contribution in [1.82, 2.24) is 10.0 Å². The molecule has 0 aliphatic heterocycles. The van der Waals surface area contributed by atoms with Gasteiger partial charge in [0, 0.05) is 17.5 Å². The molecular formula is C14H25BrN2O2S2. The first kappa shape index (κ1) is 19.1. The molecule has 4 nitrogen and oxygen atoms in total. The second-order valence-electron chi connectivity index (χ2n) is 5.12. The standard InChI is InChI=1S/C14H25BrN2O2S2/c1-5-11(6-2)10(4)17-21(18,19)13-8-12(9-16-7-3)20-14(13)15/h8,10-11,16-17H,5-7,9H2,1-4H3. The zero-order valence-electron chi connectivity index (χ0n) is 13.1. The van der Waals surface area contributed by atoms with Gasteiger partial charge in [0.25, 0.3) is 0 Å². The molecule has 2 N–H and O–H groups in total. The van der Waals surface area contributed by atoms with E-state index in [0.29, 0.717) is 21.1 Å². The van der Waals surface area contributed by atoms with Gasteiger partial charge in [-0.15, -0.1) is 11.3 Å². The van der Waals surface area contributed by atoms with Crippen LogP contribution in [0.1, 0.15) is 45.4 Å². The molecule has 0 bridgehead atoms. The van der Waals surface area contributed by atoms with Crippen molar-refractivity contribution in [1.29, 1.82) is 0 Å². The van der Waals surface area contributed by atoms with E-state index < -0.39 is 10.0 Å². The Balaban J connectivity index is 2.89. The lowest BCUT2D eigenvalue weighted by Crippen LogP contribution is -2.37. The molecule has 0 spiro atoms. The average Bonchev–Trinajstić information content (AvgIpc) is 2.79. The third-order valence-corrected chi connectivity index (χ3v) is 7.45. The van der Waals surface area contributed by atoms with Crippen LogP contribution in [0.15, 0.2) is 14.7 Å². The van der Waals surface area contributed by atoms with Crippen molar-refractivity contribution >= 4 is 37.3 Å². The van der Waals surface area contributed by atoms with E-state index in [1.807, 2.05) is 13.8 Å². The van der Waals surface area contributed by atoms with Crippen LogP contribution >= 0.6 is 27.3 Å². The van der Waals surface area contributed by atoms with E-state index >= 15 is 0 Å². The van der Waals surface area contributed by atoms with Crippen LogP contribution < -0.4 is 10.0 Å². The molecule has 0 fully saturated rings. The molecule has 0 saturated heterocycles. The van der Waals surface area contributed by atoms with Crippen LogP contribution in [0, 0.1) is 5.92 Å². The maximum atomic E-state index is 12.5. The number of hydrogen-bond donors (Lipinski definition) is 2. The summed E-state index contributed by atoms with van der Waals surface area (Å²) < 4.78 is 28.5. The largest absolute Gasteiger partial charge is 0.312 e. The van der Waals surface area contributed by atoms with Crippen LogP contribution in [0.2, 0.25) is 0 Å². The minimum atomic E-state index is -3.47. The van der Waals surface area contributed by atoms with E-state index in [2.05, 4.69) is 39.8 Å². The number of hydrogen-bond acceptors (Lipinski definition) is 4. The Hall–Kier alpha value is 0.0500. The van der Waals surface area contributed by atoms with Crippen molar-refractivity contribution in [2.75, 3.05) is 6.54 Å². The quantitative estimate of drug-likeness (QED) is 0.668. The molecule has 1 rings (SSSR count). The first-order valence-corrected chi connectivity index (χ1v) is 10.5. The predicted octanol–water partition coefficient (Wildman–Crippen LogP) is 3.72. The predicted molar refractivity (Wildman–Crippen MR) is 93.3 cm³/mol. The fourth-order valence-corrected chi connectivity index (χ4v) is 6.28. The van der Waals surface area contributed by atoms with Gasteiger partial charge in [0.15, 0.2) is 0 Å². The van der Waals surface area contributed by atoms with Crippen LogP contribution in [0.4, 0.5) is 0 Å². The van der Waals surface area contributed by atoms with Crippen LogP contribution in [0.25, 0.3) is 0 Å². The number of halogens is 1. The van der Waals surface area contributed by atoms with Crippen molar-refractivity contribution in [3.05, 3.63) is 14.7 Å². The Morgan fingerprint density at radius 2 is 1.90 bits per heavy atom. The average molecular weight is 397 g/mol. The van der Waals surface area contributed by atoms with E-state index in [1.54, 1.807) is 6.07 Å². The highest BCUT2D eigenvalue weighted by atomic mass is 79.9. The molecule has 0 aliphatic rings. The van der Waals surface area contributed by atoms with E-state index in [4.69, 9.17) is 0 Å². The topological polar surface area (TPSA) is 58.2 Å². The third-order valence-electron chi connectivity index (χ3n) is 3.64. The highest BCUT2D eigenvalue weighted by Gasteiger charge is 2.25. The Morgan fingerprint density at radius 1 is 1.29 bits per heavy atom. The summed E-state index contributed by atoms with van der Waals surface area (Å²) in [5, 5.41) is 3.21. The highest BCUT2D eigenvalue weighted by molar-refractivity contribution is 9.11. The van der Waals surface area contributed by atoms with Gasteiger partial charge < -0.3 is 5.32 Å². The van der Waals surface area contributed by atoms with Gasteiger partial charge in [0.1, 0.15) is 4.90 Å². The minimum Gasteiger partial charge on any atom is -0.312 e. The Bertz CT molecular complexity index is 539. The molecule has 122 valence electrons. The lowest BCUT2D eigenvalue weighted by molar-refractivity contribution is 0.390. The molecule has 7 heteroatoms. The molecule has 1 atom stereocenters. The third kappa shape index (κ3) is 5.32. The molecule has 0 amide bonds. The number of nitrogens with one attached hydrogen (secondary N) is 2. The minimum absolute atomic E-state index is 0.0611. The fraction of sp³-hybridized carbons (Fsp3) is 0.714. The number of thiophene rings is 1. The van der Waals surface area contributed by atoms with Gasteiger partial charge in [-0.3, -0.25) is 0 Å². The molecule has 0 saturated carbocycles. The van der Waals surface area contributed by atoms with Gasteiger partial charge in [-0.2, -0.15) is 0 Å². The van der Waals surface area contributed by atoms with Crippen LogP contribution in [-0.2, 0) is 16.6 Å². The first-order valence-electron chi connectivity index (χ1n) is 7.36. The summed E-state index contributed by atoms with van der Waals surface area (Å²) in [6.07, 6.45) is 1.94. The zero-order valence-corrected chi connectivity index (χ0v) is 16.3. The lowest BCUT2D eigenvalue weighted by Gasteiger charge is -2.22. The molecule has 1 heterocycles. The Labute approximate surface area is 140 Å². The summed E-state index contributed by atoms with van der Waals surface area (Å²) in [4.78, 5) is 1.36. The smallest absolute Gasteiger partial charge is 0.242 e. The maximum Gasteiger partial charge on any atom is 0.242 e. The molecular weight excluding hydrogens is 372 g/mol. The van der Waals surface area contributed by atoms with E-state index in [-0.39, 0.29) is 6.04 Å². The molecule has 1 aromatic rings. The lowest BCUT2D eigenvalue weighted by atomic mass is 9.96. The van der Waals surface area contributed by atoms with E-state index in [9.17, 15) is 8.42 Å². The van der Waals surface area contributed by atoms with Gasteiger partial charge in [-0.1, -0.05) is 33.6 Å². The number of rotatable bonds is 9. The highest BCUT2D eigenvalue weighted by Crippen LogP contribution is 2.32. The van der Waals surface area contributed by atoms with Crippen molar-refractivity contribution in [3.63, 3.8) is 0 Å². The van der Waals surface area contributed by atoms with E-state index in [0.717, 1.165) is 24.3 Å². The van der Waals surface area contributed by atoms with Gasteiger partial charge in [0.05, 0.1) is 3.79 Å². The normalized spacial score (nSPS) is 13.8. The second-order valence-corrected chi connectivity index (χ2v) is 9.25. The fourth-order valence-electron chi connectivity index (χ4n) is 2.32. The summed E-state index contributed by atoms with van der Waals surface area (Å²) in [6, 6.07) is 1.69.